The van der Waals surface area contributed by atoms with Crippen LogP contribution in [0.25, 0.3) is 10.9 Å². The Morgan fingerprint density at radius 1 is 1.35 bits per heavy atom. The lowest BCUT2D eigenvalue weighted by Gasteiger charge is -2.26. The molecule has 0 radical (unpaired) electrons. The van der Waals surface area contributed by atoms with E-state index in [0.717, 1.165) is 36.6 Å². The third-order valence-electron chi connectivity index (χ3n) is 4.51. The standard InChI is InChI=1S/C16H17N5O2/c1-21-9-12-11(5-4-6-13(12)19-21)14(22)18-16(7-2-3-8-16)15-17-10-23-20-15/h4-6,9-10H,2-3,7-8H2,1H3,(H,18,22). The molecular weight excluding hydrogens is 294 g/mol. The zero-order chi connectivity index (χ0) is 15.9. The molecule has 0 atom stereocenters. The molecule has 0 aliphatic heterocycles. The van der Waals surface area contributed by atoms with Gasteiger partial charge in [0.15, 0.2) is 5.82 Å². The van der Waals surface area contributed by atoms with E-state index in [1.54, 1.807) is 4.68 Å². The molecule has 1 amide bonds. The number of benzene rings is 1. The largest absolute Gasteiger partial charge is 0.343 e. The molecule has 0 bridgehead atoms. The highest BCUT2D eigenvalue weighted by Crippen LogP contribution is 2.37. The Bertz CT molecular complexity index is 847. The average Bonchev–Trinajstić information content (AvgIpc) is 3.26. The van der Waals surface area contributed by atoms with Crippen molar-refractivity contribution in [2.24, 2.45) is 7.05 Å². The molecule has 7 nitrogen and oxygen atoms in total. The average molecular weight is 311 g/mol. The molecule has 23 heavy (non-hydrogen) atoms. The lowest BCUT2D eigenvalue weighted by molar-refractivity contribution is 0.0893. The van der Waals surface area contributed by atoms with Gasteiger partial charge in [0, 0.05) is 18.6 Å². The van der Waals surface area contributed by atoms with Crippen LogP contribution in [0.4, 0.5) is 0 Å². The molecule has 1 N–H and O–H groups in total. The smallest absolute Gasteiger partial charge is 0.252 e. The van der Waals surface area contributed by atoms with E-state index in [1.165, 1.54) is 6.39 Å². The number of aromatic nitrogens is 4. The number of amides is 1. The lowest BCUT2D eigenvalue weighted by atomic mass is 9.95. The second-order valence-corrected chi connectivity index (χ2v) is 6.04. The van der Waals surface area contributed by atoms with Gasteiger partial charge in [-0.1, -0.05) is 24.1 Å². The van der Waals surface area contributed by atoms with E-state index in [-0.39, 0.29) is 5.91 Å². The van der Waals surface area contributed by atoms with Crippen LogP contribution in [-0.4, -0.2) is 25.8 Å². The minimum absolute atomic E-state index is 0.129. The Kier molecular flexibility index (Phi) is 3.14. The van der Waals surface area contributed by atoms with Crippen molar-refractivity contribution in [3.8, 4) is 0 Å². The second-order valence-electron chi connectivity index (χ2n) is 6.04. The van der Waals surface area contributed by atoms with Gasteiger partial charge in [0.1, 0.15) is 5.54 Å². The minimum atomic E-state index is -0.533. The summed E-state index contributed by atoms with van der Waals surface area (Å²) in [6, 6.07) is 5.56. The molecule has 1 aliphatic carbocycles. The van der Waals surface area contributed by atoms with Crippen molar-refractivity contribution in [3.63, 3.8) is 0 Å². The summed E-state index contributed by atoms with van der Waals surface area (Å²) in [5.74, 6) is 0.428. The Hall–Kier alpha value is -2.70. The van der Waals surface area contributed by atoms with Gasteiger partial charge in [-0.3, -0.25) is 9.48 Å². The van der Waals surface area contributed by atoms with E-state index in [0.29, 0.717) is 11.4 Å². The van der Waals surface area contributed by atoms with Crippen LogP contribution in [0.2, 0.25) is 0 Å². The maximum Gasteiger partial charge on any atom is 0.252 e. The van der Waals surface area contributed by atoms with Crippen LogP contribution in [-0.2, 0) is 12.6 Å². The summed E-state index contributed by atoms with van der Waals surface area (Å²) >= 11 is 0. The molecule has 2 aromatic heterocycles. The third-order valence-corrected chi connectivity index (χ3v) is 4.51. The van der Waals surface area contributed by atoms with Crippen LogP contribution >= 0.6 is 0 Å². The van der Waals surface area contributed by atoms with Gasteiger partial charge in [0.25, 0.3) is 5.91 Å². The molecule has 0 spiro atoms. The van der Waals surface area contributed by atoms with Crippen molar-refractivity contribution in [2.75, 3.05) is 0 Å². The summed E-state index contributed by atoms with van der Waals surface area (Å²) in [6.45, 7) is 0. The summed E-state index contributed by atoms with van der Waals surface area (Å²) in [4.78, 5) is 17.1. The van der Waals surface area contributed by atoms with Gasteiger partial charge in [0.2, 0.25) is 6.39 Å². The highest BCUT2D eigenvalue weighted by atomic mass is 16.5. The summed E-state index contributed by atoms with van der Waals surface area (Å²) in [7, 11) is 1.85. The Labute approximate surface area is 132 Å². The molecule has 7 heteroatoms. The monoisotopic (exact) mass is 311 g/mol. The quantitative estimate of drug-likeness (QED) is 0.801. The molecule has 118 valence electrons. The minimum Gasteiger partial charge on any atom is -0.343 e. The SMILES string of the molecule is Cn1cc2c(C(=O)NC3(c4ncon4)CCCC3)cccc2n1. The first-order valence-corrected chi connectivity index (χ1v) is 7.70. The van der Waals surface area contributed by atoms with Crippen molar-refractivity contribution >= 4 is 16.8 Å². The van der Waals surface area contributed by atoms with Gasteiger partial charge < -0.3 is 9.84 Å². The lowest BCUT2D eigenvalue weighted by Crippen LogP contribution is -2.44. The number of nitrogens with one attached hydrogen (secondary N) is 1. The predicted octanol–water partition coefficient (Wildman–Crippen LogP) is 2.16. The van der Waals surface area contributed by atoms with E-state index in [1.807, 2.05) is 31.4 Å². The number of aryl methyl sites for hydroxylation is 1. The maximum absolute atomic E-state index is 12.9. The Balaban J connectivity index is 1.71. The number of carbonyl (C=O) groups is 1. The van der Waals surface area contributed by atoms with Gasteiger partial charge in [0.05, 0.1) is 11.1 Å². The van der Waals surface area contributed by atoms with E-state index in [9.17, 15) is 4.79 Å². The molecule has 4 rings (SSSR count). The van der Waals surface area contributed by atoms with E-state index in [2.05, 4.69) is 20.6 Å². The molecular formula is C16H17N5O2. The highest BCUT2D eigenvalue weighted by molar-refractivity contribution is 6.06. The number of rotatable bonds is 3. The first-order chi connectivity index (χ1) is 11.2. The zero-order valence-electron chi connectivity index (χ0n) is 12.8. The fraction of sp³-hybridized carbons (Fsp3) is 0.375. The van der Waals surface area contributed by atoms with E-state index < -0.39 is 5.54 Å². The number of hydrogen-bond acceptors (Lipinski definition) is 5. The normalized spacial score (nSPS) is 16.7. The van der Waals surface area contributed by atoms with Gasteiger partial charge >= 0.3 is 0 Å². The molecule has 1 aliphatic rings. The maximum atomic E-state index is 12.9. The van der Waals surface area contributed by atoms with Gasteiger partial charge in [-0.2, -0.15) is 10.1 Å². The first-order valence-electron chi connectivity index (χ1n) is 7.70. The number of fused-ring (bicyclic) bond motifs is 1. The Morgan fingerprint density at radius 2 is 2.17 bits per heavy atom. The molecule has 0 saturated heterocycles. The van der Waals surface area contributed by atoms with Crippen molar-refractivity contribution in [1.29, 1.82) is 0 Å². The van der Waals surface area contributed by atoms with Crippen molar-refractivity contribution in [1.82, 2.24) is 25.2 Å². The first kappa shape index (κ1) is 13.9. The van der Waals surface area contributed by atoms with E-state index in [4.69, 9.17) is 4.52 Å². The molecule has 0 unspecified atom stereocenters. The molecule has 3 aromatic rings. The summed E-state index contributed by atoms with van der Waals surface area (Å²) < 4.78 is 6.60. The molecule has 1 fully saturated rings. The molecule has 2 heterocycles. The zero-order valence-corrected chi connectivity index (χ0v) is 12.8. The van der Waals surface area contributed by atoms with Crippen LogP contribution in [0.15, 0.2) is 35.3 Å². The van der Waals surface area contributed by atoms with Gasteiger partial charge in [-0.05, 0) is 25.0 Å². The summed E-state index contributed by atoms with van der Waals surface area (Å²) in [5, 5.41) is 12.3. The van der Waals surface area contributed by atoms with Crippen molar-refractivity contribution < 1.29 is 9.32 Å². The second kappa shape index (κ2) is 5.19. The van der Waals surface area contributed by atoms with E-state index >= 15 is 0 Å². The van der Waals surface area contributed by atoms with Crippen LogP contribution in [0.3, 0.4) is 0 Å². The fourth-order valence-electron chi connectivity index (χ4n) is 3.41. The van der Waals surface area contributed by atoms with Crippen LogP contribution in [0.5, 0.6) is 0 Å². The summed E-state index contributed by atoms with van der Waals surface area (Å²) in [5.41, 5.74) is 0.889. The topological polar surface area (TPSA) is 85.8 Å². The van der Waals surface area contributed by atoms with Crippen LogP contribution in [0, 0.1) is 0 Å². The molecule has 1 saturated carbocycles. The van der Waals surface area contributed by atoms with Crippen molar-refractivity contribution in [2.45, 2.75) is 31.2 Å². The number of nitrogens with zero attached hydrogens (tertiary/aromatic N) is 4. The van der Waals surface area contributed by atoms with Crippen molar-refractivity contribution in [3.05, 3.63) is 42.2 Å². The Morgan fingerprint density at radius 3 is 2.91 bits per heavy atom. The van der Waals surface area contributed by atoms with Crippen LogP contribution in [0.1, 0.15) is 41.9 Å². The summed E-state index contributed by atoms with van der Waals surface area (Å²) in [6.07, 6.45) is 6.88. The number of carbonyl (C=O) groups excluding carboxylic acids is 1. The van der Waals surface area contributed by atoms with Gasteiger partial charge in [-0.15, -0.1) is 0 Å². The predicted molar refractivity (Wildman–Crippen MR) is 82.6 cm³/mol. The van der Waals surface area contributed by atoms with Crippen LogP contribution < -0.4 is 5.32 Å². The van der Waals surface area contributed by atoms with Gasteiger partial charge in [-0.25, -0.2) is 0 Å². The molecule has 1 aromatic carbocycles. The fourth-order valence-corrected chi connectivity index (χ4v) is 3.41. The number of hydrogen-bond donors (Lipinski definition) is 1. The third kappa shape index (κ3) is 2.28. The highest BCUT2D eigenvalue weighted by Gasteiger charge is 2.41.